The van der Waals surface area contributed by atoms with Crippen LogP contribution < -0.4 is 5.32 Å². The summed E-state index contributed by atoms with van der Waals surface area (Å²) in [6, 6.07) is 10.5. The Bertz CT molecular complexity index is 457. The molecule has 1 rings (SSSR count). The lowest BCUT2D eigenvalue weighted by atomic mass is 9.93. The molecule has 3 nitrogen and oxygen atoms in total. The molecule has 114 valence electrons. The van der Waals surface area contributed by atoms with Crippen molar-refractivity contribution < 1.29 is 8.42 Å². The van der Waals surface area contributed by atoms with Crippen LogP contribution in [0.4, 0.5) is 0 Å². The average Bonchev–Trinajstić information content (AvgIpc) is 2.47. The van der Waals surface area contributed by atoms with Crippen LogP contribution in [0, 0.1) is 0 Å². The van der Waals surface area contributed by atoms with Gasteiger partial charge < -0.3 is 5.32 Å². The van der Waals surface area contributed by atoms with E-state index in [9.17, 15) is 8.42 Å². The normalized spacial score (nSPS) is 13.3. The molecule has 1 atom stereocenters. The summed E-state index contributed by atoms with van der Waals surface area (Å²) in [7, 11) is -2.81. The first-order valence-corrected chi connectivity index (χ1v) is 9.37. The van der Waals surface area contributed by atoms with E-state index in [-0.39, 0.29) is 5.75 Å². The van der Waals surface area contributed by atoms with E-state index >= 15 is 0 Å². The maximum absolute atomic E-state index is 11.5. The molecular weight excluding hydrogens is 270 g/mol. The zero-order valence-electron chi connectivity index (χ0n) is 12.6. The molecule has 20 heavy (non-hydrogen) atoms. The standard InChI is InChI=1S/C16H27NO2S/c1-3-17-14-16(15-10-6-5-7-11-15)12-8-9-13-20(18,19)4-2/h5-7,10-11,16-17H,3-4,8-9,12-14H2,1-2H3. The number of rotatable bonds is 10. The molecule has 0 aliphatic rings. The number of hydrogen-bond acceptors (Lipinski definition) is 3. The topological polar surface area (TPSA) is 46.2 Å². The lowest BCUT2D eigenvalue weighted by molar-refractivity contribution is 0.535. The van der Waals surface area contributed by atoms with Gasteiger partial charge in [0, 0.05) is 12.3 Å². The van der Waals surface area contributed by atoms with Crippen LogP contribution in [0.25, 0.3) is 0 Å². The van der Waals surface area contributed by atoms with Crippen LogP contribution in [-0.4, -0.2) is 33.0 Å². The summed E-state index contributed by atoms with van der Waals surface area (Å²) in [5, 5.41) is 3.40. The molecule has 0 aliphatic carbocycles. The molecule has 0 saturated carbocycles. The summed E-state index contributed by atoms with van der Waals surface area (Å²) >= 11 is 0. The molecule has 0 aliphatic heterocycles. The summed E-state index contributed by atoms with van der Waals surface area (Å²) in [6.45, 7) is 5.75. The third-order valence-corrected chi connectivity index (χ3v) is 5.40. The lowest BCUT2D eigenvalue weighted by Crippen LogP contribution is -2.21. The van der Waals surface area contributed by atoms with E-state index in [1.54, 1.807) is 6.92 Å². The minimum absolute atomic E-state index is 0.256. The first-order valence-electron chi connectivity index (χ1n) is 7.55. The predicted molar refractivity (Wildman–Crippen MR) is 85.9 cm³/mol. The smallest absolute Gasteiger partial charge is 0.150 e. The zero-order valence-corrected chi connectivity index (χ0v) is 13.5. The molecule has 0 heterocycles. The quantitative estimate of drug-likeness (QED) is 0.675. The first-order chi connectivity index (χ1) is 9.59. The fourth-order valence-electron chi connectivity index (χ4n) is 2.29. The minimum atomic E-state index is -2.81. The van der Waals surface area contributed by atoms with Crippen LogP contribution in [0.1, 0.15) is 44.6 Å². The van der Waals surface area contributed by atoms with Gasteiger partial charge in [-0.15, -0.1) is 0 Å². The summed E-state index contributed by atoms with van der Waals surface area (Å²) < 4.78 is 22.9. The maximum atomic E-state index is 11.5. The third-order valence-electron chi connectivity index (χ3n) is 3.61. The van der Waals surface area contributed by atoms with E-state index < -0.39 is 9.84 Å². The van der Waals surface area contributed by atoms with Crippen molar-refractivity contribution in [2.75, 3.05) is 24.6 Å². The van der Waals surface area contributed by atoms with Crippen molar-refractivity contribution in [2.45, 2.75) is 39.0 Å². The average molecular weight is 297 g/mol. The van der Waals surface area contributed by atoms with Crippen LogP contribution in [0.15, 0.2) is 30.3 Å². The Kier molecular flexibility index (Phi) is 7.85. The molecule has 0 saturated heterocycles. The fourth-order valence-corrected chi connectivity index (χ4v) is 3.22. The SMILES string of the molecule is CCNCC(CCCCS(=O)(=O)CC)c1ccccc1. The van der Waals surface area contributed by atoms with Gasteiger partial charge in [-0.05, 0) is 30.9 Å². The van der Waals surface area contributed by atoms with E-state index in [0.717, 1.165) is 32.4 Å². The molecule has 0 aromatic heterocycles. The molecule has 0 bridgehead atoms. The van der Waals surface area contributed by atoms with E-state index in [4.69, 9.17) is 0 Å². The van der Waals surface area contributed by atoms with Crippen LogP contribution in [0.2, 0.25) is 0 Å². The van der Waals surface area contributed by atoms with Crippen molar-refractivity contribution in [2.24, 2.45) is 0 Å². The van der Waals surface area contributed by atoms with Gasteiger partial charge in [0.2, 0.25) is 0 Å². The van der Waals surface area contributed by atoms with Crippen LogP contribution in [0.5, 0.6) is 0 Å². The number of benzene rings is 1. The van der Waals surface area contributed by atoms with Crippen molar-refractivity contribution in [1.82, 2.24) is 5.32 Å². The molecule has 0 radical (unpaired) electrons. The second-order valence-corrected chi connectivity index (χ2v) is 7.62. The molecule has 4 heteroatoms. The highest BCUT2D eigenvalue weighted by atomic mass is 32.2. The van der Waals surface area contributed by atoms with Crippen molar-refractivity contribution in [3.05, 3.63) is 35.9 Å². The van der Waals surface area contributed by atoms with Gasteiger partial charge in [0.15, 0.2) is 0 Å². The van der Waals surface area contributed by atoms with Crippen molar-refractivity contribution in [3.63, 3.8) is 0 Å². The molecule has 1 unspecified atom stereocenters. The maximum Gasteiger partial charge on any atom is 0.150 e. The van der Waals surface area contributed by atoms with E-state index in [1.807, 2.05) is 6.07 Å². The fraction of sp³-hybridized carbons (Fsp3) is 0.625. The third kappa shape index (κ3) is 6.53. The Hall–Kier alpha value is -0.870. The van der Waals surface area contributed by atoms with Gasteiger partial charge >= 0.3 is 0 Å². The Morgan fingerprint density at radius 3 is 2.40 bits per heavy atom. The Balaban J connectivity index is 2.46. The summed E-state index contributed by atoms with van der Waals surface area (Å²) in [4.78, 5) is 0. The van der Waals surface area contributed by atoms with Crippen molar-refractivity contribution in [1.29, 1.82) is 0 Å². The number of likely N-dealkylation sites (N-methyl/N-ethyl adjacent to an activating group) is 1. The van der Waals surface area contributed by atoms with Gasteiger partial charge in [-0.2, -0.15) is 0 Å². The summed E-state index contributed by atoms with van der Waals surface area (Å²) in [5.74, 6) is 1.05. The first kappa shape index (κ1) is 17.2. The molecule has 0 fully saturated rings. The number of nitrogens with one attached hydrogen (secondary N) is 1. The number of sulfone groups is 1. The Morgan fingerprint density at radius 1 is 1.10 bits per heavy atom. The van der Waals surface area contributed by atoms with Gasteiger partial charge in [0.1, 0.15) is 9.84 Å². The molecular formula is C16H27NO2S. The van der Waals surface area contributed by atoms with E-state index in [2.05, 4.69) is 36.5 Å². The molecule has 0 amide bonds. The van der Waals surface area contributed by atoms with E-state index in [1.165, 1.54) is 5.56 Å². The van der Waals surface area contributed by atoms with Gasteiger partial charge in [-0.25, -0.2) is 8.42 Å². The monoisotopic (exact) mass is 297 g/mol. The minimum Gasteiger partial charge on any atom is -0.316 e. The van der Waals surface area contributed by atoms with Crippen molar-refractivity contribution in [3.8, 4) is 0 Å². The number of hydrogen-bond donors (Lipinski definition) is 1. The largest absolute Gasteiger partial charge is 0.316 e. The summed E-state index contributed by atoms with van der Waals surface area (Å²) in [6.07, 6.45) is 2.77. The van der Waals surface area contributed by atoms with Gasteiger partial charge in [-0.3, -0.25) is 0 Å². The van der Waals surface area contributed by atoms with Crippen LogP contribution >= 0.6 is 0 Å². The highest BCUT2D eigenvalue weighted by Crippen LogP contribution is 2.21. The second-order valence-electron chi connectivity index (χ2n) is 5.15. The van der Waals surface area contributed by atoms with Crippen molar-refractivity contribution >= 4 is 9.84 Å². The highest BCUT2D eigenvalue weighted by Gasteiger charge is 2.12. The van der Waals surface area contributed by atoms with Crippen LogP contribution in [-0.2, 0) is 9.84 Å². The van der Waals surface area contributed by atoms with Gasteiger partial charge in [-0.1, -0.05) is 50.6 Å². The predicted octanol–water partition coefficient (Wildman–Crippen LogP) is 2.98. The Labute approximate surface area is 123 Å². The molecule has 1 aromatic carbocycles. The number of unbranched alkanes of at least 4 members (excludes halogenated alkanes) is 1. The molecule has 1 aromatic rings. The van der Waals surface area contributed by atoms with Crippen LogP contribution in [0.3, 0.4) is 0 Å². The zero-order chi connectivity index (χ0) is 14.8. The molecule has 0 spiro atoms. The highest BCUT2D eigenvalue weighted by molar-refractivity contribution is 7.91. The molecule has 1 N–H and O–H groups in total. The second kappa shape index (κ2) is 9.14. The Morgan fingerprint density at radius 2 is 1.80 bits per heavy atom. The lowest BCUT2D eigenvalue weighted by Gasteiger charge is -2.17. The van der Waals surface area contributed by atoms with E-state index in [0.29, 0.717) is 11.7 Å². The summed E-state index contributed by atoms with van der Waals surface area (Å²) in [5.41, 5.74) is 1.34. The van der Waals surface area contributed by atoms with Gasteiger partial charge in [0.05, 0.1) is 5.75 Å². The van der Waals surface area contributed by atoms with Gasteiger partial charge in [0.25, 0.3) is 0 Å².